The summed E-state index contributed by atoms with van der Waals surface area (Å²) in [5, 5.41) is 9.04. The van der Waals surface area contributed by atoms with Gasteiger partial charge in [-0.2, -0.15) is 0 Å². The van der Waals surface area contributed by atoms with Crippen LogP contribution in [-0.2, 0) is 5.75 Å². The summed E-state index contributed by atoms with van der Waals surface area (Å²) in [5.74, 6) is 0.468. The van der Waals surface area contributed by atoms with Crippen LogP contribution >= 0.6 is 23.4 Å². The van der Waals surface area contributed by atoms with Gasteiger partial charge in [-0.3, -0.25) is 14.2 Å². The van der Waals surface area contributed by atoms with E-state index in [9.17, 15) is 9.18 Å². The smallest absolute Gasteiger partial charge is 0.252 e. The van der Waals surface area contributed by atoms with Gasteiger partial charge in [0.05, 0.1) is 0 Å². The van der Waals surface area contributed by atoms with Gasteiger partial charge in [-0.05, 0) is 18.1 Å². The van der Waals surface area contributed by atoms with Crippen LogP contribution in [0.25, 0.3) is 5.78 Å². The van der Waals surface area contributed by atoms with Crippen molar-refractivity contribution < 1.29 is 4.39 Å². The van der Waals surface area contributed by atoms with Gasteiger partial charge in [0.2, 0.25) is 5.78 Å². The first kappa shape index (κ1) is 16.0. The lowest BCUT2D eigenvalue weighted by Crippen LogP contribution is -2.13. The predicted molar refractivity (Wildman–Crippen MR) is 88.7 cm³/mol. The molecule has 0 aliphatic rings. The van der Waals surface area contributed by atoms with E-state index >= 15 is 0 Å². The number of halogens is 2. The van der Waals surface area contributed by atoms with Crippen molar-refractivity contribution in [3.05, 3.63) is 56.7 Å². The van der Waals surface area contributed by atoms with Crippen LogP contribution in [0.4, 0.5) is 4.39 Å². The maximum absolute atomic E-state index is 13.9. The molecule has 0 fully saturated rings. The Labute approximate surface area is 140 Å². The van der Waals surface area contributed by atoms with Crippen LogP contribution in [0.3, 0.4) is 0 Å². The number of hydrogen-bond donors (Lipinski definition) is 1. The summed E-state index contributed by atoms with van der Waals surface area (Å²) in [7, 11) is 0. The minimum Gasteiger partial charge on any atom is -0.291 e. The number of benzene rings is 1. The van der Waals surface area contributed by atoms with Crippen LogP contribution in [-0.4, -0.2) is 19.6 Å². The van der Waals surface area contributed by atoms with E-state index in [-0.39, 0.29) is 17.3 Å². The Balaban J connectivity index is 2.00. The largest absolute Gasteiger partial charge is 0.291 e. The third-order valence-electron chi connectivity index (χ3n) is 3.40. The molecule has 5 nitrogen and oxygen atoms in total. The van der Waals surface area contributed by atoms with Gasteiger partial charge in [0, 0.05) is 28.1 Å². The molecule has 0 saturated carbocycles. The molecule has 1 N–H and O–H groups in total. The number of rotatable bonds is 4. The normalized spacial score (nSPS) is 11.5. The summed E-state index contributed by atoms with van der Waals surface area (Å²) >= 11 is 7.37. The average molecular weight is 353 g/mol. The van der Waals surface area contributed by atoms with Gasteiger partial charge >= 0.3 is 0 Å². The second-order valence-corrected chi connectivity index (χ2v) is 6.69. The molecule has 0 amide bonds. The number of nitrogens with zero attached hydrogens (tertiary/aromatic N) is 3. The fourth-order valence-electron chi connectivity index (χ4n) is 2.25. The van der Waals surface area contributed by atoms with Crippen molar-refractivity contribution in [2.45, 2.75) is 30.7 Å². The maximum Gasteiger partial charge on any atom is 0.252 e. The van der Waals surface area contributed by atoms with Crippen LogP contribution in [0.2, 0.25) is 5.02 Å². The second kappa shape index (κ2) is 6.33. The summed E-state index contributed by atoms with van der Waals surface area (Å²) in [6.45, 7) is 3.97. The minimum atomic E-state index is -0.351. The van der Waals surface area contributed by atoms with Crippen LogP contribution in [0.1, 0.15) is 31.0 Å². The Hall–Kier alpha value is -1.86. The molecule has 0 aliphatic heterocycles. The first-order valence-electron chi connectivity index (χ1n) is 7.01. The number of hydrogen-bond acceptors (Lipinski definition) is 4. The zero-order chi connectivity index (χ0) is 16.6. The number of aromatic nitrogens is 4. The molecule has 2 heterocycles. The zero-order valence-corrected chi connectivity index (χ0v) is 14.1. The monoisotopic (exact) mass is 352 g/mol. The number of nitrogens with one attached hydrogen (secondary N) is 1. The molecule has 3 aromatic rings. The highest BCUT2D eigenvalue weighted by atomic mass is 35.5. The lowest BCUT2D eigenvalue weighted by Gasteiger charge is -2.10. The molecule has 8 heteroatoms. The number of fused-ring (bicyclic) bond motifs is 1. The summed E-state index contributed by atoms with van der Waals surface area (Å²) in [6, 6.07) is 6.13. The highest BCUT2D eigenvalue weighted by Gasteiger charge is 2.15. The van der Waals surface area contributed by atoms with Crippen molar-refractivity contribution in [3.63, 3.8) is 0 Å². The molecule has 0 saturated heterocycles. The van der Waals surface area contributed by atoms with Gasteiger partial charge in [-0.1, -0.05) is 43.3 Å². The van der Waals surface area contributed by atoms with Crippen molar-refractivity contribution in [3.8, 4) is 0 Å². The molecule has 0 bridgehead atoms. The Bertz CT molecular complexity index is 901. The number of thioether (sulfide) groups is 1. The van der Waals surface area contributed by atoms with Gasteiger partial charge < -0.3 is 0 Å². The van der Waals surface area contributed by atoms with Crippen molar-refractivity contribution >= 4 is 29.1 Å². The van der Waals surface area contributed by atoms with E-state index in [2.05, 4.69) is 15.2 Å². The average Bonchev–Trinajstić information content (AvgIpc) is 2.88. The molecule has 0 spiro atoms. The third kappa shape index (κ3) is 3.11. The van der Waals surface area contributed by atoms with Crippen molar-refractivity contribution in [2.24, 2.45) is 0 Å². The van der Waals surface area contributed by atoms with Crippen LogP contribution in [0, 0.1) is 5.82 Å². The van der Waals surface area contributed by atoms with Gasteiger partial charge in [0.25, 0.3) is 5.56 Å². The highest BCUT2D eigenvalue weighted by Crippen LogP contribution is 2.28. The quantitative estimate of drug-likeness (QED) is 0.728. The summed E-state index contributed by atoms with van der Waals surface area (Å²) in [4.78, 5) is 14.3. The topological polar surface area (TPSA) is 63.0 Å². The van der Waals surface area contributed by atoms with Crippen LogP contribution in [0.15, 0.2) is 34.2 Å². The van der Waals surface area contributed by atoms with E-state index in [0.717, 1.165) is 5.69 Å². The van der Waals surface area contributed by atoms with E-state index in [0.29, 0.717) is 27.3 Å². The Morgan fingerprint density at radius 2 is 2.17 bits per heavy atom. The molecule has 120 valence electrons. The summed E-state index contributed by atoms with van der Waals surface area (Å²) in [6.07, 6.45) is 0. The van der Waals surface area contributed by atoms with Crippen LogP contribution < -0.4 is 5.56 Å². The second-order valence-electron chi connectivity index (χ2n) is 5.34. The Kier molecular flexibility index (Phi) is 4.41. The fourth-order valence-corrected chi connectivity index (χ4v) is 3.55. The summed E-state index contributed by atoms with van der Waals surface area (Å²) in [5.41, 5.74) is 1.00. The Morgan fingerprint density at radius 3 is 2.87 bits per heavy atom. The van der Waals surface area contributed by atoms with E-state index in [4.69, 9.17) is 11.6 Å². The molecule has 23 heavy (non-hydrogen) atoms. The lowest BCUT2D eigenvalue weighted by atomic mass is 10.1. The van der Waals surface area contributed by atoms with Crippen molar-refractivity contribution in [2.75, 3.05) is 0 Å². The highest BCUT2D eigenvalue weighted by molar-refractivity contribution is 7.98. The number of aromatic amines is 1. The zero-order valence-electron chi connectivity index (χ0n) is 12.5. The molecule has 0 aliphatic carbocycles. The van der Waals surface area contributed by atoms with Crippen LogP contribution in [0.5, 0.6) is 0 Å². The number of H-pyrrole nitrogens is 1. The molecule has 3 rings (SSSR count). The SMILES string of the molecule is CC(C)c1cc(=O)[nH]c2nnc(SCc3c(F)cccc3Cl)n12. The molecular weight excluding hydrogens is 339 g/mol. The van der Waals surface area contributed by atoms with Gasteiger partial charge in [-0.15, -0.1) is 10.2 Å². The molecule has 2 aromatic heterocycles. The Morgan fingerprint density at radius 1 is 1.39 bits per heavy atom. The van der Waals surface area contributed by atoms with Crippen molar-refractivity contribution in [1.29, 1.82) is 0 Å². The van der Waals surface area contributed by atoms with Gasteiger partial charge in [0.15, 0.2) is 5.16 Å². The van der Waals surface area contributed by atoms with E-state index < -0.39 is 0 Å². The minimum absolute atomic E-state index is 0.118. The standard InChI is InChI=1S/C15H14ClFN4OS/c1-8(2)12-6-13(22)18-14-19-20-15(21(12)14)23-7-9-10(16)4-3-5-11(9)17/h3-6,8H,7H2,1-2H3,(H,18,19,22). The predicted octanol–water partition coefficient (Wildman–Crippen LogP) is 3.63. The molecule has 0 radical (unpaired) electrons. The van der Waals surface area contributed by atoms with E-state index in [1.807, 2.05) is 13.8 Å². The maximum atomic E-state index is 13.9. The third-order valence-corrected chi connectivity index (χ3v) is 4.71. The molecule has 0 unspecified atom stereocenters. The van der Waals surface area contributed by atoms with E-state index in [1.54, 1.807) is 16.5 Å². The molecule has 0 atom stereocenters. The fraction of sp³-hybridized carbons (Fsp3) is 0.267. The van der Waals surface area contributed by atoms with Crippen molar-refractivity contribution in [1.82, 2.24) is 19.6 Å². The lowest BCUT2D eigenvalue weighted by molar-refractivity contribution is 0.617. The molecule has 1 aromatic carbocycles. The first-order valence-corrected chi connectivity index (χ1v) is 8.37. The summed E-state index contributed by atoms with van der Waals surface area (Å²) < 4.78 is 15.6. The first-order chi connectivity index (χ1) is 11.0. The van der Waals surface area contributed by atoms with E-state index in [1.165, 1.54) is 23.9 Å². The van der Waals surface area contributed by atoms with Gasteiger partial charge in [-0.25, -0.2) is 4.39 Å². The molecular formula is C15H14ClFN4OS. The van der Waals surface area contributed by atoms with Gasteiger partial charge in [0.1, 0.15) is 5.82 Å².